The van der Waals surface area contributed by atoms with Crippen LogP contribution in [0.4, 0.5) is 0 Å². The molecule has 0 spiro atoms. The summed E-state index contributed by atoms with van der Waals surface area (Å²) in [6, 6.07) is 14.8. The van der Waals surface area contributed by atoms with Crippen molar-refractivity contribution in [3.8, 4) is 0 Å². The number of carbonyl (C=O) groups excluding carboxylic acids is 1. The molecule has 0 bridgehead atoms. The van der Waals surface area contributed by atoms with Gasteiger partial charge in [-0.3, -0.25) is 4.79 Å². The Hall–Kier alpha value is -2.62. The molecule has 2 aromatic carbocycles. The molecule has 0 aliphatic rings. The molecule has 0 radical (unpaired) electrons. The van der Waals surface area contributed by atoms with E-state index < -0.39 is 5.97 Å². The average molecular weight is 325 g/mol. The van der Waals surface area contributed by atoms with Crippen LogP contribution in [-0.2, 0) is 17.8 Å². The maximum atomic E-state index is 12.5. The van der Waals surface area contributed by atoms with Gasteiger partial charge in [0.15, 0.2) is 0 Å². The minimum Gasteiger partial charge on any atom is -0.478 e. The highest BCUT2D eigenvalue weighted by Gasteiger charge is 2.18. The Morgan fingerprint density at radius 1 is 1.00 bits per heavy atom. The fourth-order valence-electron chi connectivity index (χ4n) is 2.65. The van der Waals surface area contributed by atoms with Gasteiger partial charge in [0.05, 0.1) is 5.56 Å². The number of carboxylic acids is 1. The van der Waals surface area contributed by atoms with Crippen molar-refractivity contribution in [1.29, 1.82) is 0 Å². The molecule has 126 valence electrons. The first-order chi connectivity index (χ1) is 11.4. The Labute approximate surface area is 142 Å². The first-order valence-electron chi connectivity index (χ1n) is 7.99. The molecule has 1 amide bonds. The lowest BCUT2D eigenvalue weighted by atomic mass is 9.99. The van der Waals surface area contributed by atoms with Crippen LogP contribution in [0.15, 0.2) is 48.5 Å². The second-order valence-corrected chi connectivity index (χ2v) is 6.29. The minimum absolute atomic E-state index is 0.0814. The Morgan fingerprint density at radius 2 is 1.54 bits per heavy atom. The highest BCUT2D eigenvalue weighted by atomic mass is 16.4. The summed E-state index contributed by atoms with van der Waals surface area (Å²) in [5.74, 6) is -0.966. The van der Waals surface area contributed by atoms with Gasteiger partial charge in [-0.25, -0.2) is 4.79 Å². The zero-order valence-electron chi connectivity index (χ0n) is 14.3. The summed E-state index contributed by atoms with van der Waals surface area (Å²) in [5, 5.41) is 8.91. The van der Waals surface area contributed by atoms with E-state index in [9.17, 15) is 9.59 Å². The number of carbonyl (C=O) groups is 2. The third-order valence-corrected chi connectivity index (χ3v) is 4.08. The minimum atomic E-state index is -0.947. The van der Waals surface area contributed by atoms with E-state index in [1.54, 1.807) is 36.2 Å². The van der Waals surface area contributed by atoms with Crippen LogP contribution in [0, 0.1) is 12.8 Å². The van der Waals surface area contributed by atoms with Gasteiger partial charge in [0.1, 0.15) is 0 Å². The van der Waals surface area contributed by atoms with Gasteiger partial charge in [0.2, 0.25) is 5.91 Å². The lowest BCUT2D eigenvalue weighted by Gasteiger charge is -2.21. The molecule has 1 unspecified atom stereocenters. The fourth-order valence-corrected chi connectivity index (χ4v) is 2.65. The molecule has 0 saturated carbocycles. The molecule has 1 atom stereocenters. The monoisotopic (exact) mass is 325 g/mol. The summed E-state index contributed by atoms with van der Waals surface area (Å²) < 4.78 is 0. The second-order valence-electron chi connectivity index (χ2n) is 6.29. The van der Waals surface area contributed by atoms with Gasteiger partial charge >= 0.3 is 5.97 Å². The Morgan fingerprint density at radius 3 is 2.08 bits per heavy atom. The molecule has 2 rings (SSSR count). The topological polar surface area (TPSA) is 57.6 Å². The molecular formula is C20H23NO3. The number of amides is 1. The Balaban J connectivity index is 1.95. The molecule has 4 heteroatoms. The highest BCUT2D eigenvalue weighted by molar-refractivity contribution is 5.87. The van der Waals surface area contributed by atoms with Crippen molar-refractivity contribution >= 4 is 11.9 Å². The Bertz CT molecular complexity index is 705. The SMILES string of the molecule is Cc1ccc(CC(C)C(=O)N(C)Cc2ccc(C(=O)O)cc2)cc1. The highest BCUT2D eigenvalue weighted by Crippen LogP contribution is 2.14. The number of hydrogen-bond acceptors (Lipinski definition) is 2. The van der Waals surface area contributed by atoms with Crippen molar-refractivity contribution < 1.29 is 14.7 Å². The third kappa shape index (κ3) is 4.69. The summed E-state index contributed by atoms with van der Waals surface area (Å²) in [7, 11) is 1.78. The predicted octanol–water partition coefficient (Wildman–Crippen LogP) is 3.53. The smallest absolute Gasteiger partial charge is 0.335 e. The molecule has 0 aliphatic heterocycles. The molecule has 4 nitrogen and oxygen atoms in total. The van der Waals surface area contributed by atoms with E-state index >= 15 is 0 Å². The summed E-state index contributed by atoms with van der Waals surface area (Å²) in [6.45, 7) is 4.45. The number of nitrogens with zero attached hydrogens (tertiary/aromatic N) is 1. The normalized spacial score (nSPS) is 11.8. The Kier molecular flexibility index (Phi) is 5.74. The first kappa shape index (κ1) is 17.7. The van der Waals surface area contributed by atoms with Crippen LogP contribution < -0.4 is 0 Å². The number of aromatic carboxylic acids is 1. The van der Waals surface area contributed by atoms with Gasteiger partial charge < -0.3 is 10.0 Å². The van der Waals surface area contributed by atoms with E-state index in [1.165, 1.54) is 5.56 Å². The van der Waals surface area contributed by atoms with Crippen LogP contribution in [-0.4, -0.2) is 28.9 Å². The molecule has 0 aromatic heterocycles. The van der Waals surface area contributed by atoms with Crippen molar-refractivity contribution in [3.63, 3.8) is 0 Å². The van der Waals surface area contributed by atoms with E-state index in [-0.39, 0.29) is 17.4 Å². The van der Waals surface area contributed by atoms with Crippen LogP contribution in [0.3, 0.4) is 0 Å². The fraction of sp³-hybridized carbons (Fsp3) is 0.300. The number of benzene rings is 2. The summed E-state index contributed by atoms with van der Waals surface area (Å²) in [6.07, 6.45) is 0.710. The molecule has 24 heavy (non-hydrogen) atoms. The summed E-state index contributed by atoms with van der Waals surface area (Å²) >= 11 is 0. The summed E-state index contributed by atoms with van der Waals surface area (Å²) in [5.41, 5.74) is 3.53. The number of rotatable bonds is 6. The zero-order chi connectivity index (χ0) is 17.7. The van der Waals surface area contributed by atoms with Crippen molar-refractivity contribution in [2.24, 2.45) is 5.92 Å². The van der Waals surface area contributed by atoms with Crippen molar-refractivity contribution in [2.75, 3.05) is 7.05 Å². The van der Waals surface area contributed by atoms with E-state index in [4.69, 9.17) is 5.11 Å². The van der Waals surface area contributed by atoms with Crippen LogP contribution >= 0.6 is 0 Å². The lowest BCUT2D eigenvalue weighted by molar-refractivity contribution is -0.134. The van der Waals surface area contributed by atoms with Crippen LogP contribution in [0.1, 0.15) is 34.0 Å². The second kappa shape index (κ2) is 7.77. The van der Waals surface area contributed by atoms with Gasteiger partial charge in [0, 0.05) is 19.5 Å². The summed E-state index contributed by atoms with van der Waals surface area (Å²) in [4.78, 5) is 25.1. The van der Waals surface area contributed by atoms with Gasteiger partial charge in [-0.05, 0) is 36.6 Å². The molecule has 0 saturated heterocycles. The van der Waals surface area contributed by atoms with Crippen molar-refractivity contribution in [2.45, 2.75) is 26.8 Å². The maximum Gasteiger partial charge on any atom is 0.335 e. The molecule has 0 aliphatic carbocycles. The van der Waals surface area contributed by atoms with Crippen molar-refractivity contribution in [3.05, 3.63) is 70.8 Å². The molecule has 0 heterocycles. The first-order valence-corrected chi connectivity index (χ1v) is 7.99. The predicted molar refractivity (Wildman–Crippen MR) is 93.9 cm³/mol. The standard InChI is InChI=1S/C20H23NO3/c1-14-4-6-16(7-5-14)12-15(2)19(22)21(3)13-17-8-10-18(11-9-17)20(23)24/h4-11,15H,12-13H2,1-3H3,(H,23,24). The van der Waals surface area contributed by atoms with E-state index in [0.29, 0.717) is 13.0 Å². The molecule has 1 N–H and O–H groups in total. The molecule has 0 fully saturated rings. The van der Waals surface area contributed by atoms with Gasteiger partial charge in [-0.1, -0.05) is 48.9 Å². The molecule has 2 aromatic rings. The number of carboxylic acid groups (broad SMARTS) is 1. The van der Waals surface area contributed by atoms with Crippen LogP contribution in [0.2, 0.25) is 0 Å². The quantitative estimate of drug-likeness (QED) is 0.884. The van der Waals surface area contributed by atoms with Crippen LogP contribution in [0.5, 0.6) is 0 Å². The van der Waals surface area contributed by atoms with Gasteiger partial charge in [-0.15, -0.1) is 0 Å². The molecular weight excluding hydrogens is 302 g/mol. The van der Waals surface area contributed by atoms with Crippen LogP contribution in [0.25, 0.3) is 0 Å². The zero-order valence-corrected chi connectivity index (χ0v) is 14.3. The van der Waals surface area contributed by atoms with Crippen molar-refractivity contribution in [1.82, 2.24) is 4.90 Å². The third-order valence-electron chi connectivity index (χ3n) is 4.08. The van der Waals surface area contributed by atoms with E-state index in [0.717, 1.165) is 11.1 Å². The number of hydrogen-bond donors (Lipinski definition) is 1. The van der Waals surface area contributed by atoms with Gasteiger partial charge in [-0.2, -0.15) is 0 Å². The largest absolute Gasteiger partial charge is 0.478 e. The maximum absolute atomic E-state index is 12.5. The average Bonchev–Trinajstić information content (AvgIpc) is 2.56. The van der Waals surface area contributed by atoms with Gasteiger partial charge in [0.25, 0.3) is 0 Å². The number of aryl methyl sites for hydroxylation is 1. The van der Waals surface area contributed by atoms with E-state index in [1.807, 2.05) is 13.8 Å². The van der Waals surface area contributed by atoms with E-state index in [2.05, 4.69) is 24.3 Å². The lowest BCUT2D eigenvalue weighted by Crippen LogP contribution is -2.32.